The van der Waals surface area contributed by atoms with E-state index in [0.29, 0.717) is 11.7 Å². The quantitative estimate of drug-likeness (QED) is 0.868. The van der Waals surface area contributed by atoms with Gasteiger partial charge in [0.2, 0.25) is 0 Å². The van der Waals surface area contributed by atoms with Gasteiger partial charge in [0.25, 0.3) is 0 Å². The van der Waals surface area contributed by atoms with Crippen LogP contribution in [0.25, 0.3) is 0 Å². The summed E-state index contributed by atoms with van der Waals surface area (Å²) in [7, 11) is 0. The maximum Gasteiger partial charge on any atom is 0.160 e. The highest BCUT2D eigenvalue weighted by Crippen LogP contribution is 2.37. The fourth-order valence-electron chi connectivity index (χ4n) is 2.14. The van der Waals surface area contributed by atoms with Crippen molar-refractivity contribution in [2.45, 2.75) is 72.8 Å². The van der Waals surface area contributed by atoms with Crippen LogP contribution in [0.2, 0.25) is 0 Å². The van der Waals surface area contributed by atoms with Crippen molar-refractivity contribution in [2.75, 3.05) is 0 Å². The van der Waals surface area contributed by atoms with Gasteiger partial charge in [-0.15, -0.1) is 0 Å². The van der Waals surface area contributed by atoms with E-state index in [-0.39, 0.29) is 11.0 Å². The molecule has 0 aliphatic heterocycles. The normalized spacial score (nSPS) is 13.4. The smallest absolute Gasteiger partial charge is 0.160 e. The Morgan fingerprint density at radius 3 is 1.89 bits per heavy atom. The van der Waals surface area contributed by atoms with Crippen molar-refractivity contribution in [3.8, 4) is 5.75 Å². The minimum atomic E-state index is -0.116. The maximum atomic E-state index is 10.5. The van der Waals surface area contributed by atoms with Crippen LogP contribution in [-0.4, -0.2) is 14.9 Å². The van der Waals surface area contributed by atoms with Gasteiger partial charge in [-0.25, -0.2) is 0 Å². The lowest BCUT2D eigenvalue weighted by Gasteiger charge is -2.28. The van der Waals surface area contributed by atoms with E-state index in [1.54, 1.807) is 0 Å². The van der Waals surface area contributed by atoms with Crippen LogP contribution in [0.1, 0.15) is 66.8 Å². The van der Waals surface area contributed by atoms with Gasteiger partial charge in [0, 0.05) is 5.41 Å². The molecule has 3 heteroatoms. The van der Waals surface area contributed by atoms with Crippen molar-refractivity contribution in [2.24, 2.45) is 5.92 Å². The third-order valence-electron chi connectivity index (χ3n) is 2.88. The van der Waals surface area contributed by atoms with Gasteiger partial charge in [0.1, 0.15) is 5.69 Å². The molecule has 0 atom stereocenters. The van der Waals surface area contributed by atoms with E-state index in [9.17, 15) is 5.11 Å². The van der Waals surface area contributed by atoms with E-state index in [0.717, 1.165) is 17.8 Å². The number of hydrogen-bond acceptors (Lipinski definition) is 2. The first kappa shape index (κ1) is 15.1. The Balaban J connectivity index is 3.42. The highest BCUT2D eigenvalue weighted by Gasteiger charge is 2.31. The zero-order valence-electron chi connectivity index (χ0n) is 13.1. The number of rotatable bonds is 2. The average Bonchev–Trinajstić information content (AvgIpc) is 2.41. The second-order valence-corrected chi connectivity index (χ2v) is 7.57. The molecular formula is C15H28N2O. The summed E-state index contributed by atoms with van der Waals surface area (Å²) < 4.78 is 1.99. The molecule has 0 unspecified atom stereocenters. The van der Waals surface area contributed by atoms with E-state index < -0.39 is 0 Å². The Kier molecular flexibility index (Phi) is 3.85. The van der Waals surface area contributed by atoms with Gasteiger partial charge in [0.05, 0.1) is 11.2 Å². The van der Waals surface area contributed by atoms with E-state index in [1.807, 2.05) is 4.68 Å². The second kappa shape index (κ2) is 4.60. The van der Waals surface area contributed by atoms with Crippen LogP contribution in [-0.2, 0) is 17.4 Å². The molecular weight excluding hydrogens is 224 g/mol. The first-order valence-corrected chi connectivity index (χ1v) is 6.76. The molecule has 1 rings (SSSR count). The molecule has 0 aliphatic carbocycles. The summed E-state index contributed by atoms with van der Waals surface area (Å²) in [6.07, 6.45) is 0.817. The summed E-state index contributed by atoms with van der Waals surface area (Å²) in [5.41, 5.74) is 1.53. The number of aromatic hydroxyl groups is 1. The van der Waals surface area contributed by atoms with Gasteiger partial charge in [-0.1, -0.05) is 34.6 Å². The molecule has 18 heavy (non-hydrogen) atoms. The molecule has 1 N–H and O–H groups in total. The van der Waals surface area contributed by atoms with Crippen LogP contribution in [0.15, 0.2) is 0 Å². The molecule has 0 fully saturated rings. The second-order valence-electron chi connectivity index (χ2n) is 7.57. The van der Waals surface area contributed by atoms with Crippen LogP contribution in [0, 0.1) is 5.92 Å². The van der Waals surface area contributed by atoms with Crippen LogP contribution < -0.4 is 0 Å². The molecule has 1 aromatic heterocycles. The van der Waals surface area contributed by atoms with Crippen molar-refractivity contribution in [3.63, 3.8) is 0 Å². The van der Waals surface area contributed by atoms with Crippen molar-refractivity contribution in [1.29, 1.82) is 0 Å². The number of aromatic nitrogens is 2. The van der Waals surface area contributed by atoms with Gasteiger partial charge < -0.3 is 5.11 Å². The third-order valence-corrected chi connectivity index (χ3v) is 2.88. The Hall–Kier alpha value is -0.990. The maximum absolute atomic E-state index is 10.5. The molecule has 1 heterocycles. The van der Waals surface area contributed by atoms with Crippen molar-refractivity contribution >= 4 is 0 Å². The Bertz CT molecular complexity index is 417. The first-order chi connectivity index (χ1) is 7.94. The molecule has 0 saturated heterocycles. The summed E-state index contributed by atoms with van der Waals surface area (Å²) >= 11 is 0. The molecule has 1 aromatic rings. The predicted molar refractivity (Wildman–Crippen MR) is 76.1 cm³/mol. The summed E-state index contributed by atoms with van der Waals surface area (Å²) in [4.78, 5) is 0. The van der Waals surface area contributed by atoms with Crippen molar-refractivity contribution < 1.29 is 5.11 Å². The molecule has 0 amide bonds. The van der Waals surface area contributed by atoms with Gasteiger partial charge in [-0.05, 0) is 33.1 Å². The fraction of sp³-hybridized carbons (Fsp3) is 0.800. The molecule has 0 saturated carbocycles. The lowest BCUT2D eigenvalue weighted by atomic mass is 9.89. The van der Waals surface area contributed by atoms with E-state index in [4.69, 9.17) is 0 Å². The molecule has 0 aliphatic rings. The molecule has 0 bridgehead atoms. The van der Waals surface area contributed by atoms with Gasteiger partial charge in [-0.3, -0.25) is 4.68 Å². The van der Waals surface area contributed by atoms with E-state index in [2.05, 4.69) is 60.5 Å². The van der Waals surface area contributed by atoms with Crippen molar-refractivity contribution in [3.05, 3.63) is 11.4 Å². The number of nitrogens with zero attached hydrogens (tertiary/aromatic N) is 2. The number of hydrogen-bond donors (Lipinski definition) is 1. The Morgan fingerprint density at radius 1 is 1.11 bits per heavy atom. The summed E-state index contributed by atoms with van der Waals surface area (Å²) in [6, 6.07) is 0. The molecule has 104 valence electrons. The molecule has 0 aromatic carbocycles. The molecule has 3 nitrogen and oxygen atoms in total. The van der Waals surface area contributed by atoms with Gasteiger partial charge in [-0.2, -0.15) is 5.10 Å². The molecule has 0 spiro atoms. The highest BCUT2D eigenvalue weighted by molar-refractivity contribution is 5.37. The van der Waals surface area contributed by atoms with E-state index >= 15 is 0 Å². The summed E-state index contributed by atoms with van der Waals surface area (Å²) in [6.45, 7) is 17.0. The van der Waals surface area contributed by atoms with Crippen LogP contribution in [0.3, 0.4) is 0 Å². The van der Waals surface area contributed by atoms with E-state index in [1.165, 1.54) is 0 Å². The fourth-order valence-corrected chi connectivity index (χ4v) is 2.14. The average molecular weight is 252 g/mol. The SMILES string of the molecule is CC(C)Cc1nn(C(C)(C)C)c(C(C)(C)C)c1O. The zero-order valence-corrected chi connectivity index (χ0v) is 13.1. The lowest BCUT2D eigenvalue weighted by Crippen LogP contribution is -2.30. The lowest BCUT2D eigenvalue weighted by molar-refractivity contribution is 0.314. The highest BCUT2D eigenvalue weighted by atomic mass is 16.3. The van der Waals surface area contributed by atoms with Gasteiger partial charge >= 0.3 is 0 Å². The standard InChI is InChI=1S/C15H28N2O/c1-10(2)9-11-12(18)13(14(3,4)5)17(16-11)15(6,7)8/h10,18H,9H2,1-8H3. The topological polar surface area (TPSA) is 38.0 Å². The summed E-state index contributed by atoms with van der Waals surface area (Å²) in [5.74, 6) is 0.873. The molecule has 0 radical (unpaired) electrons. The monoisotopic (exact) mass is 252 g/mol. The summed E-state index contributed by atoms with van der Waals surface area (Å²) in [5, 5.41) is 15.1. The van der Waals surface area contributed by atoms with Gasteiger partial charge in [0.15, 0.2) is 5.75 Å². The predicted octanol–water partition coefficient (Wildman–Crippen LogP) is 3.84. The zero-order chi connectivity index (χ0) is 14.3. The largest absolute Gasteiger partial charge is 0.504 e. The third kappa shape index (κ3) is 3.06. The van der Waals surface area contributed by atoms with Crippen molar-refractivity contribution in [1.82, 2.24) is 9.78 Å². The minimum absolute atomic E-state index is 0.112. The minimum Gasteiger partial charge on any atom is -0.504 e. The van der Waals surface area contributed by atoms with Crippen LogP contribution in [0.4, 0.5) is 0 Å². The van der Waals surface area contributed by atoms with Crippen LogP contribution in [0.5, 0.6) is 5.75 Å². The first-order valence-electron chi connectivity index (χ1n) is 6.76. The van der Waals surface area contributed by atoms with Crippen LogP contribution >= 0.6 is 0 Å². The Labute approximate surface area is 111 Å². The Morgan fingerprint density at radius 2 is 1.61 bits per heavy atom.